The average molecular weight is 220 g/mol. The first kappa shape index (κ1) is 13.5. The number of hydrogen-bond donors (Lipinski definition) is 0. The highest BCUT2D eigenvalue weighted by Gasteiger charge is 2.26. The summed E-state index contributed by atoms with van der Waals surface area (Å²) in [6.07, 6.45) is 13.8. The minimum Gasteiger partial charge on any atom is -0.0914 e. The SMILES string of the molecule is CC=CC(CC)C(CC)C1CC=C(C)CC1. The second-order valence-corrected chi connectivity index (χ2v) is 5.25. The van der Waals surface area contributed by atoms with Crippen LogP contribution in [0.15, 0.2) is 23.8 Å². The van der Waals surface area contributed by atoms with E-state index in [0.717, 1.165) is 17.8 Å². The van der Waals surface area contributed by atoms with Gasteiger partial charge in [-0.25, -0.2) is 0 Å². The first-order chi connectivity index (χ1) is 7.72. The fourth-order valence-electron chi connectivity index (χ4n) is 3.19. The summed E-state index contributed by atoms with van der Waals surface area (Å²) in [5, 5.41) is 0. The molecule has 0 bridgehead atoms. The molecule has 0 aromatic rings. The van der Waals surface area contributed by atoms with E-state index in [1.807, 2.05) is 0 Å². The van der Waals surface area contributed by atoms with Gasteiger partial charge in [-0.3, -0.25) is 0 Å². The van der Waals surface area contributed by atoms with Crippen molar-refractivity contribution in [2.75, 3.05) is 0 Å². The van der Waals surface area contributed by atoms with Crippen LogP contribution in [0.4, 0.5) is 0 Å². The molecule has 0 N–H and O–H groups in total. The fourth-order valence-corrected chi connectivity index (χ4v) is 3.19. The maximum Gasteiger partial charge on any atom is -0.0205 e. The summed E-state index contributed by atoms with van der Waals surface area (Å²) >= 11 is 0. The van der Waals surface area contributed by atoms with Crippen LogP contribution in [0.1, 0.15) is 59.8 Å². The van der Waals surface area contributed by atoms with Gasteiger partial charge in [0.1, 0.15) is 0 Å². The van der Waals surface area contributed by atoms with Crippen molar-refractivity contribution in [3.05, 3.63) is 23.8 Å². The Morgan fingerprint density at radius 3 is 2.56 bits per heavy atom. The molecule has 0 heterocycles. The minimum atomic E-state index is 0.798. The summed E-state index contributed by atoms with van der Waals surface area (Å²) in [4.78, 5) is 0. The van der Waals surface area contributed by atoms with E-state index in [0.29, 0.717) is 0 Å². The van der Waals surface area contributed by atoms with E-state index in [1.165, 1.54) is 32.1 Å². The van der Waals surface area contributed by atoms with Crippen molar-refractivity contribution in [1.82, 2.24) is 0 Å². The van der Waals surface area contributed by atoms with Crippen molar-refractivity contribution in [3.8, 4) is 0 Å². The topological polar surface area (TPSA) is 0 Å². The van der Waals surface area contributed by atoms with Crippen LogP contribution < -0.4 is 0 Å². The molecule has 3 atom stereocenters. The van der Waals surface area contributed by atoms with Gasteiger partial charge in [-0.15, -0.1) is 0 Å². The molecule has 0 radical (unpaired) electrons. The molecule has 16 heavy (non-hydrogen) atoms. The smallest absolute Gasteiger partial charge is 0.0205 e. The zero-order valence-corrected chi connectivity index (χ0v) is 11.5. The summed E-state index contributed by atoms with van der Waals surface area (Å²) < 4.78 is 0. The van der Waals surface area contributed by atoms with E-state index >= 15 is 0 Å². The Hall–Kier alpha value is -0.520. The molecule has 0 amide bonds. The van der Waals surface area contributed by atoms with E-state index in [-0.39, 0.29) is 0 Å². The first-order valence-corrected chi connectivity index (χ1v) is 7.01. The molecule has 1 aliphatic carbocycles. The van der Waals surface area contributed by atoms with Crippen molar-refractivity contribution in [3.63, 3.8) is 0 Å². The van der Waals surface area contributed by atoms with Gasteiger partial charge < -0.3 is 0 Å². The molecule has 0 saturated carbocycles. The molecule has 0 nitrogen and oxygen atoms in total. The van der Waals surface area contributed by atoms with E-state index in [1.54, 1.807) is 5.57 Å². The van der Waals surface area contributed by atoms with Gasteiger partial charge in [-0.2, -0.15) is 0 Å². The third-order valence-electron chi connectivity index (χ3n) is 4.22. The van der Waals surface area contributed by atoms with Gasteiger partial charge in [0.15, 0.2) is 0 Å². The molecule has 3 unspecified atom stereocenters. The molecular formula is C16H28. The predicted octanol–water partition coefficient (Wildman–Crippen LogP) is 5.36. The highest BCUT2D eigenvalue weighted by Crippen LogP contribution is 2.37. The molecule has 0 aromatic heterocycles. The van der Waals surface area contributed by atoms with Crippen LogP contribution in [-0.2, 0) is 0 Å². The molecule has 0 aromatic carbocycles. The van der Waals surface area contributed by atoms with Crippen molar-refractivity contribution in [1.29, 1.82) is 0 Å². The van der Waals surface area contributed by atoms with Crippen LogP contribution in [0.5, 0.6) is 0 Å². The second-order valence-electron chi connectivity index (χ2n) is 5.25. The van der Waals surface area contributed by atoms with Gasteiger partial charge in [-0.1, -0.05) is 44.1 Å². The quantitative estimate of drug-likeness (QED) is 0.547. The largest absolute Gasteiger partial charge is 0.0914 e. The Bertz CT molecular complexity index is 247. The molecule has 92 valence electrons. The number of rotatable bonds is 5. The third-order valence-corrected chi connectivity index (χ3v) is 4.22. The van der Waals surface area contributed by atoms with Gasteiger partial charge in [0.2, 0.25) is 0 Å². The molecule has 1 aliphatic rings. The first-order valence-electron chi connectivity index (χ1n) is 7.01. The van der Waals surface area contributed by atoms with Crippen LogP contribution in [-0.4, -0.2) is 0 Å². The Morgan fingerprint density at radius 1 is 1.38 bits per heavy atom. The van der Waals surface area contributed by atoms with Crippen LogP contribution in [0.3, 0.4) is 0 Å². The van der Waals surface area contributed by atoms with E-state index in [9.17, 15) is 0 Å². The van der Waals surface area contributed by atoms with Crippen molar-refractivity contribution < 1.29 is 0 Å². The van der Waals surface area contributed by atoms with Gasteiger partial charge in [0.05, 0.1) is 0 Å². The van der Waals surface area contributed by atoms with Crippen LogP contribution >= 0.6 is 0 Å². The molecule has 0 spiro atoms. The standard InChI is InChI=1S/C16H28/c1-5-8-14(6-2)16(7-3)15-11-9-13(4)10-12-15/h5,8-9,14-16H,6-7,10-12H2,1-4H3. The number of allylic oxidation sites excluding steroid dienone is 4. The lowest BCUT2D eigenvalue weighted by atomic mass is 9.72. The molecule has 0 heteroatoms. The lowest BCUT2D eigenvalue weighted by Crippen LogP contribution is -2.23. The molecule has 0 aliphatic heterocycles. The Balaban J connectivity index is 2.66. The molecule has 0 fully saturated rings. The van der Waals surface area contributed by atoms with Crippen LogP contribution in [0.25, 0.3) is 0 Å². The zero-order valence-electron chi connectivity index (χ0n) is 11.5. The highest BCUT2D eigenvalue weighted by molar-refractivity contribution is 5.05. The van der Waals surface area contributed by atoms with Gasteiger partial charge in [0.25, 0.3) is 0 Å². The molecule has 1 rings (SSSR count). The minimum absolute atomic E-state index is 0.798. The van der Waals surface area contributed by atoms with Crippen LogP contribution in [0, 0.1) is 17.8 Å². The Labute approximate surface area is 102 Å². The lowest BCUT2D eigenvalue weighted by molar-refractivity contribution is 0.229. The normalized spacial score (nSPS) is 25.5. The second kappa shape index (κ2) is 6.93. The Morgan fingerprint density at radius 2 is 2.12 bits per heavy atom. The maximum atomic E-state index is 2.47. The van der Waals surface area contributed by atoms with Crippen molar-refractivity contribution in [2.24, 2.45) is 17.8 Å². The highest BCUT2D eigenvalue weighted by atomic mass is 14.3. The van der Waals surface area contributed by atoms with Crippen molar-refractivity contribution in [2.45, 2.75) is 59.8 Å². The zero-order chi connectivity index (χ0) is 12.0. The summed E-state index contributed by atoms with van der Waals surface area (Å²) in [6.45, 7) is 9.12. The van der Waals surface area contributed by atoms with Crippen LogP contribution in [0.2, 0.25) is 0 Å². The van der Waals surface area contributed by atoms with Crippen molar-refractivity contribution >= 4 is 0 Å². The van der Waals surface area contributed by atoms with Gasteiger partial charge in [0, 0.05) is 0 Å². The van der Waals surface area contributed by atoms with Gasteiger partial charge >= 0.3 is 0 Å². The monoisotopic (exact) mass is 220 g/mol. The Kier molecular flexibility index (Phi) is 5.87. The summed E-state index contributed by atoms with van der Waals surface area (Å²) in [7, 11) is 0. The van der Waals surface area contributed by atoms with Gasteiger partial charge in [-0.05, 0) is 57.3 Å². The third kappa shape index (κ3) is 3.50. The maximum absolute atomic E-state index is 2.47. The van der Waals surface area contributed by atoms with E-state index in [2.05, 4.69) is 45.9 Å². The summed E-state index contributed by atoms with van der Waals surface area (Å²) in [6, 6.07) is 0. The summed E-state index contributed by atoms with van der Waals surface area (Å²) in [5.74, 6) is 2.62. The average Bonchev–Trinajstić information content (AvgIpc) is 2.31. The number of hydrogen-bond acceptors (Lipinski definition) is 0. The lowest BCUT2D eigenvalue weighted by Gasteiger charge is -2.33. The predicted molar refractivity (Wildman–Crippen MR) is 73.5 cm³/mol. The van der Waals surface area contributed by atoms with E-state index in [4.69, 9.17) is 0 Å². The van der Waals surface area contributed by atoms with E-state index < -0.39 is 0 Å². The summed E-state index contributed by atoms with van der Waals surface area (Å²) in [5.41, 5.74) is 1.60. The fraction of sp³-hybridized carbons (Fsp3) is 0.750. The molecular weight excluding hydrogens is 192 g/mol. The molecule has 0 saturated heterocycles.